The number of hydrogen-bond donors (Lipinski definition) is 4. The van der Waals surface area contributed by atoms with Gasteiger partial charge < -0.3 is 26.8 Å². The van der Waals surface area contributed by atoms with E-state index in [0.29, 0.717) is 24.0 Å². The van der Waals surface area contributed by atoms with E-state index in [-0.39, 0.29) is 12.3 Å². The van der Waals surface area contributed by atoms with Crippen LogP contribution in [0.25, 0.3) is 0 Å². The van der Waals surface area contributed by atoms with Crippen molar-refractivity contribution in [3.05, 3.63) is 60.2 Å². The second-order valence-corrected chi connectivity index (χ2v) is 7.70. The predicted molar refractivity (Wildman–Crippen MR) is 111 cm³/mol. The Morgan fingerprint density at radius 1 is 1.14 bits per heavy atom. The summed E-state index contributed by atoms with van der Waals surface area (Å²) in [5, 5.41) is 5.70. The Balaban J connectivity index is 1.73. The number of rotatable bonds is 9. The first kappa shape index (κ1) is 20.7. The molecule has 0 saturated heterocycles. The largest absolute Gasteiger partial charge is 0.457 e. The molecule has 3 amide bonds. The summed E-state index contributed by atoms with van der Waals surface area (Å²) in [6.07, 6.45) is 2.19. The van der Waals surface area contributed by atoms with Gasteiger partial charge in [-0.1, -0.05) is 30.3 Å². The van der Waals surface area contributed by atoms with Gasteiger partial charge in [0.05, 0.1) is 18.0 Å². The summed E-state index contributed by atoms with van der Waals surface area (Å²) in [4.78, 5) is 24.2. The lowest BCUT2D eigenvalue weighted by Crippen LogP contribution is -2.53. The molecule has 7 nitrogen and oxygen atoms in total. The Kier molecular flexibility index (Phi) is 6.39. The molecule has 0 radical (unpaired) electrons. The number of hydrogen-bond acceptors (Lipinski definition) is 4. The molecule has 0 heterocycles. The Morgan fingerprint density at radius 2 is 1.83 bits per heavy atom. The quantitative estimate of drug-likeness (QED) is 0.521. The second-order valence-electron chi connectivity index (χ2n) is 7.70. The third kappa shape index (κ3) is 5.71. The number of carbonyl (C=O) groups is 2. The first-order valence-electron chi connectivity index (χ1n) is 9.79. The van der Waals surface area contributed by atoms with E-state index in [2.05, 4.69) is 10.6 Å². The second kappa shape index (κ2) is 8.96. The number of amides is 3. The van der Waals surface area contributed by atoms with Crippen LogP contribution in [0.5, 0.6) is 11.5 Å². The van der Waals surface area contributed by atoms with Crippen molar-refractivity contribution in [3.8, 4) is 11.5 Å². The van der Waals surface area contributed by atoms with Crippen molar-refractivity contribution in [1.82, 2.24) is 10.6 Å². The van der Waals surface area contributed by atoms with Crippen LogP contribution in [0.15, 0.2) is 54.6 Å². The fourth-order valence-corrected chi connectivity index (χ4v) is 3.44. The van der Waals surface area contributed by atoms with E-state index < -0.39 is 17.6 Å². The molecule has 29 heavy (non-hydrogen) atoms. The van der Waals surface area contributed by atoms with Gasteiger partial charge in [-0.15, -0.1) is 0 Å². The van der Waals surface area contributed by atoms with E-state index in [0.717, 1.165) is 18.4 Å². The highest BCUT2D eigenvalue weighted by Crippen LogP contribution is 2.39. The molecular formula is C22H28N4O3. The maximum atomic E-state index is 12.7. The van der Waals surface area contributed by atoms with E-state index in [1.54, 1.807) is 6.07 Å². The molecule has 2 aromatic carbocycles. The number of carbonyl (C=O) groups excluding carboxylic acids is 2. The molecule has 0 aromatic heterocycles. The van der Waals surface area contributed by atoms with Crippen molar-refractivity contribution >= 4 is 11.9 Å². The van der Waals surface area contributed by atoms with E-state index in [4.69, 9.17) is 16.2 Å². The lowest BCUT2D eigenvalue weighted by atomic mass is 9.95. The lowest BCUT2D eigenvalue weighted by Gasteiger charge is -2.30. The van der Waals surface area contributed by atoms with Gasteiger partial charge in [-0.2, -0.15) is 0 Å². The van der Waals surface area contributed by atoms with Gasteiger partial charge in [0.1, 0.15) is 11.5 Å². The molecule has 7 heteroatoms. The maximum Gasteiger partial charge on any atom is 0.312 e. The highest BCUT2D eigenvalue weighted by atomic mass is 16.5. The van der Waals surface area contributed by atoms with Crippen LogP contribution in [0.1, 0.15) is 37.8 Å². The molecule has 2 unspecified atom stereocenters. The molecule has 6 N–H and O–H groups in total. The number of benzene rings is 2. The molecule has 0 bridgehead atoms. The normalized spacial score (nSPS) is 16.3. The summed E-state index contributed by atoms with van der Waals surface area (Å²) in [6.45, 7) is 2.34. The van der Waals surface area contributed by atoms with Crippen LogP contribution in [0.4, 0.5) is 4.79 Å². The van der Waals surface area contributed by atoms with Crippen LogP contribution in [0.3, 0.4) is 0 Å². The SMILES string of the molecule is CC(CN)(NC(=O)CC(NC(N)=O)c1cccc(Oc2ccccc2)c1)C1CC1. The highest BCUT2D eigenvalue weighted by molar-refractivity contribution is 5.79. The van der Waals surface area contributed by atoms with Gasteiger partial charge in [-0.25, -0.2) is 4.79 Å². The van der Waals surface area contributed by atoms with Gasteiger partial charge in [0, 0.05) is 6.54 Å². The van der Waals surface area contributed by atoms with Crippen LogP contribution >= 0.6 is 0 Å². The average Bonchev–Trinajstić information content (AvgIpc) is 3.54. The Hall–Kier alpha value is -3.06. The zero-order valence-electron chi connectivity index (χ0n) is 16.6. The molecule has 1 saturated carbocycles. The first-order chi connectivity index (χ1) is 13.9. The third-order valence-electron chi connectivity index (χ3n) is 5.27. The van der Waals surface area contributed by atoms with Gasteiger partial charge in [-0.05, 0) is 55.5 Å². The number of para-hydroxylation sites is 1. The van der Waals surface area contributed by atoms with Gasteiger partial charge in [0.2, 0.25) is 5.91 Å². The molecule has 1 aliphatic rings. The summed E-state index contributed by atoms with van der Waals surface area (Å²) in [6, 6.07) is 15.4. The monoisotopic (exact) mass is 396 g/mol. The molecule has 0 aliphatic heterocycles. The molecular weight excluding hydrogens is 368 g/mol. The number of nitrogens with one attached hydrogen (secondary N) is 2. The Morgan fingerprint density at radius 3 is 2.45 bits per heavy atom. The average molecular weight is 396 g/mol. The van der Waals surface area contributed by atoms with E-state index in [9.17, 15) is 9.59 Å². The van der Waals surface area contributed by atoms with Crippen molar-refractivity contribution in [1.29, 1.82) is 0 Å². The molecule has 3 rings (SSSR count). The van der Waals surface area contributed by atoms with Crippen molar-refractivity contribution in [3.63, 3.8) is 0 Å². The third-order valence-corrected chi connectivity index (χ3v) is 5.27. The van der Waals surface area contributed by atoms with E-state index in [1.165, 1.54) is 0 Å². The predicted octanol–water partition coefficient (Wildman–Crippen LogP) is 2.82. The van der Waals surface area contributed by atoms with Crippen LogP contribution in [-0.4, -0.2) is 24.0 Å². The molecule has 2 aromatic rings. The van der Waals surface area contributed by atoms with Crippen LogP contribution in [-0.2, 0) is 4.79 Å². The summed E-state index contributed by atoms with van der Waals surface area (Å²) in [7, 11) is 0. The fraction of sp³-hybridized carbons (Fsp3) is 0.364. The smallest absolute Gasteiger partial charge is 0.312 e. The Labute approximate surface area is 170 Å². The zero-order valence-corrected chi connectivity index (χ0v) is 16.6. The lowest BCUT2D eigenvalue weighted by molar-refractivity contribution is -0.123. The number of ether oxygens (including phenoxy) is 1. The fourth-order valence-electron chi connectivity index (χ4n) is 3.44. The molecule has 2 atom stereocenters. The molecule has 0 spiro atoms. The van der Waals surface area contributed by atoms with Crippen LogP contribution < -0.4 is 26.8 Å². The van der Waals surface area contributed by atoms with Gasteiger partial charge in [0.25, 0.3) is 0 Å². The van der Waals surface area contributed by atoms with Gasteiger partial charge >= 0.3 is 6.03 Å². The summed E-state index contributed by atoms with van der Waals surface area (Å²) >= 11 is 0. The van der Waals surface area contributed by atoms with Crippen LogP contribution in [0.2, 0.25) is 0 Å². The minimum Gasteiger partial charge on any atom is -0.457 e. The molecule has 154 valence electrons. The van der Waals surface area contributed by atoms with Gasteiger partial charge in [-0.3, -0.25) is 4.79 Å². The highest BCUT2D eigenvalue weighted by Gasteiger charge is 2.41. The van der Waals surface area contributed by atoms with Crippen molar-refractivity contribution in [2.24, 2.45) is 17.4 Å². The molecule has 1 fully saturated rings. The van der Waals surface area contributed by atoms with E-state index >= 15 is 0 Å². The van der Waals surface area contributed by atoms with Crippen LogP contribution in [0, 0.1) is 5.92 Å². The van der Waals surface area contributed by atoms with Crippen molar-refractivity contribution < 1.29 is 14.3 Å². The minimum atomic E-state index is -0.694. The number of primary amides is 1. The Bertz CT molecular complexity index is 854. The summed E-state index contributed by atoms with van der Waals surface area (Å²) in [5.41, 5.74) is 11.5. The minimum absolute atomic E-state index is 0.0556. The topological polar surface area (TPSA) is 119 Å². The zero-order chi connectivity index (χ0) is 20.9. The maximum absolute atomic E-state index is 12.7. The molecule has 1 aliphatic carbocycles. The number of nitrogens with two attached hydrogens (primary N) is 2. The first-order valence-corrected chi connectivity index (χ1v) is 9.79. The van der Waals surface area contributed by atoms with E-state index in [1.807, 2.05) is 55.5 Å². The standard InChI is InChI=1S/C22H28N4O3/c1-22(14-23,16-10-11-16)26-20(27)13-19(25-21(24)28)15-6-5-9-18(12-15)29-17-7-3-2-4-8-17/h2-9,12,16,19H,10-11,13-14,23H2,1H3,(H,26,27)(H3,24,25,28). The van der Waals surface area contributed by atoms with Gasteiger partial charge in [0.15, 0.2) is 0 Å². The summed E-state index contributed by atoms with van der Waals surface area (Å²) in [5.74, 6) is 1.53. The summed E-state index contributed by atoms with van der Waals surface area (Å²) < 4.78 is 5.86. The van der Waals surface area contributed by atoms with Crippen molar-refractivity contribution in [2.75, 3.05) is 6.54 Å². The van der Waals surface area contributed by atoms with Crippen molar-refractivity contribution in [2.45, 2.75) is 37.8 Å². The number of urea groups is 1.